The van der Waals surface area contributed by atoms with Crippen molar-refractivity contribution in [1.29, 1.82) is 0 Å². The van der Waals surface area contributed by atoms with E-state index in [2.05, 4.69) is 44.1 Å². The molecule has 0 fully saturated rings. The van der Waals surface area contributed by atoms with E-state index < -0.39 is 0 Å². The lowest BCUT2D eigenvalue weighted by Crippen LogP contribution is -2.29. The molecule has 2 heterocycles. The van der Waals surface area contributed by atoms with Gasteiger partial charge in [0, 0.05) is 27.2 Å². The summed E-state index contributed by atoms with van der Waals surface area (Å²) in [5.74, 6) is 1.25. The Morgan fingerprint density at radius 2 is 1.62 bits per heavy atom. The summed E-state index contributed by atoms with van der Waals surface area (Å²) in [6.45, 7) is 1.79. The van der Waals surface area contributed by atoms with Gasteiger partial charge in [-0.15, -0.1) is 0 Å². The fraction of sp³-hybridized carbons (Fsp3) is 0.400. The zero-order chi connectivity index (χ0) is 14.8. The first-order chi connectivity index (χ1) is 10.1. The highest BCUT2D eigenvalue weighted by molar-refractivity contribution is 6.28. The van der Waals surface area contributed by atoms with Gasteiger partial charge in [0.25, 0.3) is 0 Å². The van der Waals surface area contributed by atoms with Gasteiger partial charge in [0.1, 0.15) is 0 Å². The fourth-order valence-electron chi connectivity index (χ4n) is 2.54. The second kappa shape index (κ2) is 5.85. The number of aromatic nitrogens is 3. The molecular weight excluding hydrogens is 286 g/mol. The number of hydrogen-bond donors (Lipinski definition) is 0. The third-order valence-electron chi connectivity index (χ3n) is 3.69. The zero-order valence-corrected chi connectivity index (χ0v) is 13.0. The maximum Gasteiger partial charge on any atom is 0.231 e. The molecular formula is C15H18ClN5. The third-order valence-corrected chi connectivity index (χ3v) is 3.86. The second-order valence-electron chi connectivity index (χ2n) is 5.35. The van der Waals surface area contributed by atoms with Gasteiger partial charge in [-0.25, -0.2) is 0 Å². The summed E-state index contributed by atoms with van der Waals surface area (Å²) in [5, 5.41) is 0.241. The molecule has 2 aromatic rings. The summed E-state index contributed by atoms with van der Waals surface area (Å²) >= 11 is 6.03. The fourth-order valence-corrected chi connectivity index (χ4v) is 2.69. The number of benzene rings is 1. The van der Waals surface area contributed by atoms with Crippen LogP contribution in [0.5, 0.6) is 0 Å². The number of halogens is 1. The highest BCUT2D eigenvalue weighted by Crippen LogP contribution is 2.20. The number of anilines is 2. The third kappa shape index (κ3) is 3.08. The van der Waals surface area contributed by atoms with Gasteiger partial charge in [-0.3, -0.25) is 0 Å². The van der Waals surface area contributed by atoms with Crippen LogP contribution in [0.1, 0.15) is 11.1 Å². The van der Waals surface area contributed by atoms with Crippen LogP contribution in [-0.4, -0.2) is 42.1 Å². The SMILES string of the molecule is CN(C)c1nc(Cl)nc(N2CCc3ccccc3CC2)n1. The number of hydrogen-bond acceptors (Lipinski definition) is 5. The van der Waals surface area contributed by atoms with E-state index in [0.29, 0.717) is 11.9 Å². The molecule has 1 aromatic carbocycles. The molecule has 0 aliphatic carbocycles. The molecule has 0 spiro atoms. The van der Waals surface area contributed by atoms with E-state index in [1.165, 1.54) is 11.1 Å². The van der Waals surface area contributed by atoms with E-state index in [0.717, 1.165) is 25.9 Å². The molecule has 0 unspecified atom stereocenters. The maximum absolute atomic E-state index is 6.03. The molecule has 1 aromatic heterocycles. The van der Waals surface area contributed by atoms with Crippen molar-refractivity contribution in [1.82, 2.24) is 15.0 Å². The van der Waals surface area contributed by atoms with Crippen LogP contribution < -0.4 is 9.80 Å². The van der Waals surface area contributed by atoms with Crippen molar-refractivity contribution in [2.75, 3.05) is 37.0 Å². The smallest absolute Gasteiger partial charge is 0.231 e. The Morgan fingerprint density at radius 3 is 2.19 bits per heavy atom. The van der Waals surface area contributed by atoms with Gasteiger partial charge < -0.3 is 9.80 Å². The monoisotopic (exact) mass is 303 g/mol. The molecule has 6 heteroatoms. The van der Waals surface area contributed by atoms with Gasteiger partial charge in [0.05, 0.1) is 0 Å². The first kappa shape index (κ1) is 14.1. The minimum Gasteiger partial charge on any atom is -0.347 e. The van der Waals surface area contributed by atoms with Crippen LogP contribution in [0.3, 0.4) is 0 Å². The average Bonchev–Trinajstić information content (AvgIpc) is 2.69. The first-order valence-electron chi connectivity index (χ1n) is 7.04. The molecule has 0 bridgehead atoms. The predicted molar refractivity (Wildman–Crippen MR) is 85.2 cm³/mol. The zero-order valence-electron chi connectivity index (χ0n) is 12.3. The van der Waals surface area contributed by atoms with Crippen molar-refractivity contribution in [2.24, 2.45) is 0 Å². The van der Waals surface area contributed by atoms with Crippen molar-refractivity contribution < 1.29 is 0 Å². The van der Waals surface area contributed by atoms with Gasteiger partial charge in [-0.1, -0.05) is 24.3 Å². The van der Waals surface area contributed by atoms with E-state index in [1.54, 1.807) is 0 Å². The van der Waals surface area contributed by atoms with E-state index >= 15 is 0 Å². The highest BCUT2D eigenvalue weighted by atomic mass is 35.5. The van der Waals surface area contributed by atoms with Crippen molar-refractivity contribution in [3.63, 3.8) is 0 Å². The molecule has 5 nitrogen and oxygen atoms in total. The van der Waals surface area contributed by atoms with Gasteiger partial charge in [-0.2, -0.15) is 15.0 Å². The number of fused-ring (bicyclic) bond motifs is 1. The topological polar surface area (TPSA) is 45.2 Å². The van der Waals surface area contributed by atoms with Crippen LogP contribution in [0.4, 0.5) is 11.9 Å². The quantitative estimate of drug-likeness (QED) is 0.851. The van der Waals surface area contributed by atoms with Crippen LogP contribution in [0, 0.1) is 0 Å². The van der Waals surface area contributed by atoms with Crippen molar-refractivity contribution in [2.45, 2.75) is 12.8 Å². The van der Waals surface area contributed by atoms with Crippen molar-refractivity contribution in [3.05, 3.63) is 40.7 Å². The van der Waals surface area contributed by atoms with Crippen LogP contribution in [0.15, 0.2) is 24.3 Å². The largest absolute Gasteiger partial charge is 0.347 e. The number of nitrogens with zero attached hydrogens (tertiary/aromatic N) is 5. The van der Waals surface area contributed by atoms with Crippen LogP contribution >= 0.6 is 11.6 Å². The van der Waals surface area contributed by atoms with Crippen molar-refractivity contribution >= 4 is 23.5 Å². The van der Waals surface area contributed by atoms with Crippen LogP contribution in [-0.2, 0) is 12.8 Å². The summed E-state index contributed by atoms with van der Waals surface area (Å²) in [7, 11) is 3.79. The summed E-state index contributed by atoms with van der Waals surface area (Å²) < 4.78 is 0. The Labute approximate surface area is 129 Å². The summed E-state index contributed by atoms with van der Waals surface area (Å²) in [5.41, 5.74) is 2.82. The molecule has 0 radical (unpaired) electrons. The molecule has 0 saturated carbocycles. The van der Waals surface area contributed by atoms with E-state index in [-0.39, 0.29) is 5.28 Å². The van der Waals surface area contributed by atoms with Gasteiger partial charge in [-0.05, 0) is 35.6 Å². The molecule has 0 N–H and O–H groups in total. The molecule has 0 amide bonds. The summed E-state index contributed by atoms with van der Waals surface area (Å²) in [4.78, 5) is 16.9. The lowest BCUT2D eigenvalue weighted by Gasteiger charge is -2.21. The molecule has 1 aliphatic rings. The summed E-state index contributed by atoms with van der Waals surface area (Å²) in [6, 6.07) is 8.59. The predicted octanol–water partition coefficient (Wildman–Crippen LogP) is 2.20. The lowest BCUT2D eigenvalue weighted by atomic mass is 10.0. The average molecular weight is 304 g/mol. The number of rotatable bonds is 2. The van der Waals surface area contributed by atoms with Gasteiger partial charge >= 0.3 is 0 Å². The minimum atomic E-state index is 0.241. The lowest BCUT2D eigenvalue weighted by molar-refractivity contribution is 0.763. The highest BCUT2D eigenvalue weighted by Gasteiger charge is 2.18. The first-order valence-corrected chi connectivity index (χ1v) is 7.42. The van der Waals surface area contributed by atoms with E-state index in [1.807, 2.05) is 19.0 Å². The molecule has 110 valence electrons. The molecule has 3 rings (SSSR count). The Morgan fingerprint density at radius 1 is 1.00 bits per heavy atom. The second-order valence-corrected chi connectivity index (χ2v) is 5.69. The molecule has 21 heavy (non-hydrogen) atoms. The maximum atomic E-state index is 6.03. The molecule has 0 atom stereocenters. The van der Waals surface area contributed by atoms with Crippen molar-refractivity contribution in [3.8, 4) is 0 Å². The Kier molecular flexibility index (Phi) is 3.92. The Bertz CT molecular complexity index is 617. The normalized spacial score (nSPS) is 14.5. The van der Waals surface area contributed by atoms with E-state index in [9.17, 15) is 0 Å². The van der Waals surface area contributed by atoms with E-state index in [4.69, 9.17) is 11.6 Å². The summed E-state index contributed by atoms with van der Waals surface area (Å²) in [6.07, 6.45) is 1.99. The minimum absolute atomic E-state index is 0.241. The standard InChI is InChI=1S/C15H18ClN5/c1-20(2)14-17-13(16)18-15(19-14)21-9-7-11-5-3-4-6-12(11)8-10-21/h3-6H,7-10H2,1-2H3. The Hall–Kier alpha value is -1.88. The molecule has 0 saturated heterocycles. The van der Waals surface area contributed by atoms with Gasteiger partial charge in [0.2, 0.25) is 17.2 Å². The molecule has 1 aliphatic heterocycles. The van der Waals surface area contributed by atoms with Gasteiger partial charge in [0.15, 0.2) is 0 Å². The van der Waals surface area contributed by atoms with Crippen LogP contribution in [0.2, 0.25) is 5.28 Å². The Balaban J connectivity index is 1.86. The van der Waals surface area contributed by atoms with Crippen LogP contribution in [0.25, 0.3) is 0 Å².